The number of pyridine rings is 1. The number of halogens is 1. The number of carboxylic acid groups (broad SMARTS) is 2. The van der Waals surface area contributed by atoms with E-state index in [1.165, 1.54) is 18.2 Å². The Balaban J connectivity index is 2.16. The van der Waals surface area contributed by atoms with Crippen LogP contribution in [0.3, 0.4) is 0 Å². The first-order valence-electron chi connectivity index (χ1n) is 14.2. The topological polar surface area (TPSA) is 207 Å². The number of carbonyl (C=O) groups is 2. The number of hydrogen-bond donors (Lipinski definition) is 7. The second-order valence-electron chi connectivity index (χ2n) is 11.4. The van der Waals surface area contributed by atoms with Crippen molar-refractivity contribution in [1.29, 1.82) is 0 Å². The fourth-order valence-corrected chi connectivity index (χ4v) is 5.06. The summed E-state index contributed by atoms with van der Waals surface area (Å²) >= 11 is 0. The van der Waals surface area contributed by atoms with E-state index in [9.17, 15) is 44.6 Å². The van der Waals surface area contributed by atoms with Gasteiger partial charge in [0.25, 0.3) is 0 Å². The number of rotatable bonds is 13. The monoisotopic (exact) mass is 621 g/mol. The molecule has 0 spiro atoms. The average Bonchev–Trinajstić information content (AvgIpc) is 2.93. The zero-order chi connectivity index (χ0) is 32.9. The number of benzene rings is 1. The van der Waals surface area contributed by atoms with Crippen LogP contribution in [0.25, 0.3) is 17.2 Å². The van der Waals surface area contributed by atoms with Gasteiger partial charge in [-0.15, -0.1) is 0 Å². The van der Waals surface area contributed by atoms with E-state index in [0.717, 1.165) is 0 Å². The summed E-state index contributed by atoms with van der Waals surface area (Å²) < 4.78 is 25.1. The molecule has 1 aliphatic heterocycles. The molecule has 0 radical (unpaired) electrons. The van der Waals surface area contributed by atoms with E-state index in [1.54, 1.807) is 18.2 Å². The minimum absolute atomic E-state index is 0.146. The molecule has 13 heteroatoms. The first-order chi connectivity index (χ1) is 20.6. The van der Waals surface area contributed by atoms with Gasteiger partial charge in [-0.3, -0.25) is 9.78 Å². The van der Waals surface area contributed by atoms with Gasteiger partial charge in [-0.2, -0.15) is 0 Å². The number of carboxylic acids is 2. The minimum atomic E-state index is -1.90. The van der Waals surface area contributed by atoms with Crippen molar-refractivity contribution >= 4 is 18.0 Å². The number of nitrogens with zero attached hydrogens (tertiary/aromatic N) is 1. The third-order valence-electron chi connectivity index (χ3n) is 7.24. The molecule has 44 heavy (non-hydrogen) atoms. The van der Waals surface area contributed by atoms with Gasteiger partial charge in [0.2, 0.25) is 0 Å². The molecule has 3 rings (SSSR count). The highest BCUT2D eigenvalue weighted by atomic mass is 19.1. The Morgan fingerprint density at radius 1 is 0.977 bits per heavy atom. The largest absolute Gasteiger partial charge is 0.481 e. The van der Waals surface area contributed by atoms with Crippen LogP contribution < -0.4 is 0 Å². The van der Waals surface area contributed by atoms with Crippen molar-refractivity contribution < 1.29 is 59.2 Å². The fourth-order valence-electron chi connectivity index (χ4n) is 5.06. The van der Waals surface area contributed by atoms with Crippen molar-refractivity contribution in [2.75, 3.05) is 0 Å². The summed E-state index contributed by atoms with van der Waals surface area (Å²) in [5.41, 5.74) is 3.25. The van der Waals surface area contributed by atoms with Gasteiger partial charge >= 0.3 is 11.9 Å². The summed E-state index contributed by atoms with van der Waals surface area (Å²) in [6, 6.07) is 5.61. The van der Waals surface area contributed by atoms with Gasteiger partial charge in [0.15, 0.2) is 12.4 Å². The van der Waals surface area contributed by atoms with Gasteiger partial charge in [-0.1, -0.05) is 52.0 Å². The molecule has 7 N–H and O–H groups in total. The molecule has 0 aliphatic carbocycles. The van der Waals surface area contributed by atoms with Crippen LogP contribution in [0.15, 0.2) is 30.3 Å². The Hall–Kier alpha value is -3.30. The van der Waals surface area contributed by atoms with E-state index in [-0.39, 0.29) is 24.9 Å². The molecule has 242 valence electrons. The lowest BCUT2D eigenvalue weighted by atomic mass is 9.87. The maximum atomic E-state index is 14.0. The molecule has 1 aromatic heterocycles. The zero-order valence-electron chi connectivity index (χ0n) is 24.9. The van der Waals surface area contributed by atoms with Crippen LogP contribution in [0.5, 0.6) is 0 Å². The highest BCUT2D eigenvalue weighted by Gasteiger charge is 2.47. The molecular weight excluding hydrogens is 581 g/mol. The third-order valence-corrected chi connectivity index (χ3v) is 7.24. The molecule has 1 aromatic carbocycles. The van der Waals surface area contributed by atoms with E-state index >= 15 is 0 Å². The van der Waals surface area contributed by atoms with Crippen LogP contribution in [0, 0.1) is 5.82 Å². The number of hydrogen-bond acceptors (Lipinski definition) is 10. The standard InChI is InChI=1S/C31H40FNO11/c1-14(2)24-20(10-9-18(34)11-19(35)12-22(36)37)23(16-5-7-17(32)8-6-16)21(25(33-24)15(3)4)13-43-31-28(40)26(38)27(39)29(44-31)30(41)42/h5-10,14-15,18-19,26-29,31,34-35,38-40H,11-13H2,1-4H3,(H,36,37)(H,41,42). The molecule has 0 amide bonds. The highest BCUT2D eigenvalue weighted by molar-refractivity contribution is 5.80. The summed E-state index contributed by atoms with van der Waals surface area (Å²) in [4.78, 5) is 27.4. The number of aliphatic hydroxyl groups excluding tert-OH is 5. The molecule has 0 bridgehead atoms. The molecule has 1 saturated heterocycles. The first kappa shape index (κ1) is 35.2. The fraction of sp³-hybridized carbons (Fsp3) is 0.516. The third kappa shape index (κ3) is 8.45. The van der Waals surface area contributed by atoms with Crippen molar-refractivity contribution in [3.05, 3.63) is 58.7 Å². The van der Waals surface area contributed by atoms with E-state index in [0.29, 0.717) is 33.6 Å². The van der Waals surface area contributed by atoms with Crippen LogP contribution in [0.4, 0.5) is 4.39 Å². The second kappa shape index (κ2) is 15.1. The molecule has 2 aromatic rings. The van der Waals surface area contributed by atoms with Gasteiger partial charge in [-0.25, -0.2) is 9.18 Å². The molecule has 7 atom stereocenters. The quantitative estimate of drug-likeness (QED) is 0.172. The lowest BCUT2D eigenvalue weighted by Crippen LogP contribution is -2.60. The Morgan fingerprint density at radius 3 is 2.14 bits per heavy atom. The molecule has 1 aliphatic rings. The van der Waals surface area contributed by atoms with Crippen LogP contribution in [-0.4, -0.2) is 95.6 Å². The summed E-state index contributed by atoms with van der Waals surface area (Å²) in [6.45, 7) is 7.28. The number of ether oxygens (including phenoxy) is 2. The summed E-state index contributed by atoms with van der Waals surface area (Å²) in [5.74, 6) is -3.59. The molecule has 1 fully saturated rings. The van der Waals surface area contributed by atoms with E-state index in [1.807, 2.05) is 27.7 Å². The smallest absolute Gasteiger partial charge is 0.335 e. The lowest BCUT2D eigenvalue weighted by Gasteiger charge is -2.38. The van der Waals surface area contributed by atoms with Crippen molar-refractivity contribution in [1.82, 2.24) is 4.98 Å². The second-order valence-corrected chi connectivity index (χ2v) is 11.4. The SMILES string of the molecule is CC(C)c1nc(C(C)C)c(COC2OC(C(=O)O)C(O)C(O)C2O)c(-c2ccc(F)cc2)c1C=CC(O)CC(O)CC(=O)O. The predicted octanol–water partition coefficient (Wildman–Crippen LogP) is 2.14. The van der Waals surface area contributed by atoms with Crippen molar-refractivity contribution in [3.8, 4) is 11.1 Å². The van der Waals surface area contributed by atoms with E-state index in [4.69, 9.17) is 19.6 Å². The predicted molar refractivity (Wildman–Crippen MR) is 155 cm³/mol. The Bertz CT molecular complexity index is 1330. The molecule has 0 saturated carbocycles. The first-order valence-corrected chi connectivity index (χ1v) is 14.2. The average molecular weight is 622 g/mol. The number of aliphatic hydroxyl groups is 5. The summed E-state index contributed by atoms with van der Waals surface area (Å²) in [6.07, 6.45) is -9.37. The maximum absolute atomic E-state index is 14.0. The molecule has 12 nitrogen and oxygen atoms in total. The normalized spacial score (nSPS) is 23.8. The number of aliphatic carboxylic acids is 2. The van der Waals surface area contributed by atoms with E-state index in [2.05, 4.69) is 0 Å². The zero-order valence-corrected chi connectivity index (χ0v) is 24.9. The molecular formula is C31H40FNO11. The Labute approximate surface area is 254 Å². The Kier molecular flexibility index (Phi) is 12.1. The molecule has 2 heterocycles. The Morgan fingerprint density at radius 2 is 1.59 bits per heavy atom. The lowest BCUT2D eigenvalue weighted by molar-refractivity contribution is -0.297. The van der Waals surface area contributed by atoms with Crippen LogP contribution in [0.1, 0.15) is 74.9 Å². The highest BCUT2D eigenvalue weighted by Crippen LogP contribution is 2.38. The van der Waals surface area contributed by atoms with Crippen LogP contribution >= 0.6 is 0 Å². The van der Waals surface area contributed by atoms with Gasteiger partial charge in [0.05, 0.1) is 30.9 Å². The van der Waals surface area contributed by atoms with Crippen molar-refractivity contribution in [3.63, 3.8) is 0 Å². The molecule has 7 unspecified atom stereocenters. The van der Waals surface area contributed by atoms with Gasteiger partial charge in [0, 0.05) is 23.2 Å². The van der Waals surface area contributed by atoms with Gasteiger partial charge in [0.1, 0.15) is 24.1 Å². The van der Waals surface area contributed by atoms with Crippen LogP contribution in [0.2, 0.25) is 0 Å². The minimum Gasteiger partial charge on any atom is -0.481 e. The summed E-state index contributed by atoms with van der Waals surface area (Å²) in [5, 5.41) is 69.7. The van der Waals surface area contributed by atoms with Gasteiger partial charge in [-0.05, 0) is 35.1 Å². The number of aromatic nitrogens is 1. The van der Waals surface area contributed by atoms with E-state index < -0.39 is 67.1 Å². The maximum Gasteiger partial charge on any atom is 0.335 e. The van der Waals surface area contributed by atoms with Crippen LogP contribution in [-0.2, 0) is 25.7 Å². The van der Waals surface area contributed by atoms with Crippen molar-refractivity contribution in [2.24, 2.45) is 0 Å². The van der Waals surface area contributed by atoms with Gasteiger partial charge < -0.3 is 45.2 Å². The summed E-state index contributed by atoms with van der Waals surface area (Å²) in [7, 11) is 0. The van der Waals surface area contributed by atoms with Crippen molar-refractivity contribution in [2.45, 2.75) is 102 Å².